The maximum absolute atomic E-state index is 12.8. The Morgan fingerprint density at radius 1 is 1.19 bits per heavy atom. The summed E-state index contributed by atoms with van der Waals surface area (Å²) in [4.78, 5) is 18.1. The lowest BCUT2D eigenvalue weighted by Gasteiger charge is -2.13. The number of carbonyl (C=O) groups excluding carboxylic acids is 1. The second-order valence-corrected chi connectivity index (χ2v) is 8.75. The van der Waals surface area contributed by atoms with Crippen molar-refractivity contribution in [3.63, 3.8) is 0 Å². The first-order valence-electron chi connectivity index (χ1n) is 10.6. The van der Waals surface area contributed by atoms with Crippen molar-refractivity contribution in [3.8, 4) is 17.6 Å². The minimum atomic E-state index is -1.01. The van der Waals surface area contributed by atoms with E-state index in [1.54, 1.807) is 30.5 Å². The van der Waals surface area contributed by atoms with E-state index in [9.17, 15) is 10.1 Å². The fourth-order valence-corrected chi connectivity index (χ4v) is 3.67. The summed E-state index contributed by atoms with van der Waals surface area (Å²) in [6.07, 6.45) is 3.09. The lowest BCUT2D eigenvalue weighted by atomic mass is 10.1. The molecule has 0 heterocycles. The van der Waals surface area contributed by atoms with Crippen LogP contribution in [0.15, 0.2) is 59.8 Å². The Kier molecular flexibility index (Phi) is 5.94. The number of nitrogens with zero attached hydrogens (tertiary/aromatic N) is 2. The van der Waals surface area contributed by atoms with E-state index in [2.05, 4.69) is 11.2 Å². The third-order valence-corrected chi connectivity index (χ3v) is 5.96. The van der Waals surface area contributed by atoms with E-state index in [1.165, 1.54) is 12.8 Å². The fraction of sp³-hybridized carbons (Fsp3) is 0.400. The Morgan fingerprint density at radius 3 is 2.65 bits per heavy atom. The molecule has 2 fully saturated rings. The zero-order valence-electron chi connectivity index (χ0n) is 17.7. The molecule has 4 rings (SSSR count). The number of rotatable bonds is 9. The van der Waals surface area contributed by atoms with Crippen LogP contribution in [-0.2, 0) is 14.4 Å². The normalized spacial score (nSPS) is 22.4. The number of hydrogen-bond donors (Lipinski definition) is 0. The molecule has 0 radical (unpaired) electrons. The minimum absolute atomic E-state index is 0.0636. The van der Waals surface area contributed by atoms with Crippen LogP contribution in [0.5, 0.6) is 11.5 Å². The first kappa shape index (κ1) is 20.9. The Morgan fingerprint density at radius 2 is 1.94 bits per heavy atom. The van der Waals surface area contributed by atoms with Crippen LogP contribution >= 0.6 is 0 Å². The van der Waals surface area contributed by atoms with Crippen LogP contribution in [0, 0.1) is 34.5 Å². The van der Waals surface area contributed by atoms with E-state index in [-0.39, 0.29) is 17.3 Å². The van der Waals surface area contributed by atoms with E-state index in [0.717, 1.165) is 0 Å². The number of ether oxygens (including phenoxy) is 2. The van der Waals surface area contributed by atoms with Crippen LogP contribution < -0.4 is 4.74 Å². The molecule has 0 spiro atoms. The number of oxime groups is 1. The number of benzene rings is 2. The first-order valence-corrected chi connectivity index (χ1v) is 10.6. The first-order chi connectivity index (χ1) is 15.0. The quantitative estimate of drug-likeness (QED) is 0.315. The van der Waals surface area contributed by atoms with Gasteiger partial charge in [-0.25, -0.2) is 0 Å². The molecule has 0 bridgehead atoms. The van der Waals surface area contributed by atoms with Crippen LogP contribution in [0.3, 0.4) is 0 Å². The van der Waals surface area contributed by atoms with Crippen LogP contribution in [0.1, 0.15) is 38.4 Å². The zero-order chi connectivity index (χ0) is 21.8. The second kappa shape index (κ2) is 8.81. The van der Waals surface area contributed by atoms with Crippen molar-refractivity contribution in [2.75, 3.05) is 6.61 Å². The maximum Gasteiger partial charge on any atom is 0.311 e. The van der Waals surface area contributed by atoms with Crippen molar-refractivity contribution in [3.05, 3.63) is 60.2 Å². The van der Waals surface area contributed by atoms with Crippen molar-refractivity contribution < 1.29 is 19.1 Å². The number of nitriles is 1. The average Bonchev–Trinajstić information content (AvgIpc) is 3.67. The Hall–Kier alpha value is -3.33. The van der Waals surface area contributed by atoms with E-state index < -0.39 is 12.1 Å². The van der Waals surface area contributed by atoms with Crippen molar-refractivity contribution >= 4 is 12.2 Å². The molecule has 0 N–H and O–H groups in total. The standard InChI is InChI=1S/C25H26N2O4/c1-25(2)21(15-27-29-16-17-11-12-17)23(25)24(28)31-22(14-26)18-7-6-10-20(13-18)30-19-8-4-3-5-9-19/h3-10,13,15,17,21-23H,11-12,16H2,1-2H3/t21-,22?,23-/m0/s1. The van der Waals surface area contributed by atoms with Gasteiger partial charge < -0.3 is 14.3 Å². The molecule has 31 heavy (non-hydrogen) atoms. The summed E-state index contributed by atoms with van der Waals surface area (Å²) < 4.78 is 11.4. The smallest absolute Gasteiger partial charge is 0.311 e. The van der Waals surface area contributed by atoms with Gasteiger partial charge in [-0.2, -0.15) is 5.26 Å². The van der Waals surface area contributed by atoms with Gasteiger partial charge in [-0.1, -0.05) is 49.3 Å². The Bertz CT molecular complexity index is 992. The van der Waals surface area contributed by atoms with Gasteiger partial charge in [-0.05, 0) is 48.4 Å². The summed E-state index contributed by atoms with van der Waals surface area (Å²) in [6.45, 7) is 4.62. The number of esters is 1. The predicted molar refractivity (Wildman–Crippen MR) is 115 cm³/mol. The van der Waals surface area contributed by atoms with Crippen molar-refractivity contribution in [2.45, 2.75) is 32.8 Å². The number of para-hydroxylation sites is 1. The summed E-state index contributed by atoms with van der Waals surface area (Å²) in [6, 6.07) is 18.5. The van der Waals surface area contributed by atoms with E-state index in [1.807, 2.05) is 44.2 Å². The van der Waals surface area contributed by atoms with Gasteiger partial charge in [-0.3, -0.25) is 4.79 Å². The van der Waals surface area contributed by atoms with Gasteiger partial charge >= 0.3 is 5.97 Å². The largest absolute Gasteiger partial charge is 0.457 e. The van der Waals surface area contributed by atoms with Gasteiger partial charge in [0.15, 0.2) is 0 Å². The van der Waals surface area contributed by atoms with E-state index in [4.69, 9.17) is 14.3 Å². The molecule has 3 atom stereocenters. The van der Waals surface area contributed by atoms with Crippen LogP contribution in [0.4, 0.5) is 0 Å². The highest BCUT2D eigenvalue weighted by atomic mass is 16.6. The van der Waals surface area contributed by atoms with Crippen molar-refractivity contribution in [1.82, 2.24) is 0 Å². The highest BCUT2D eigenvalue weighted by Gasteiger charge is 2.62. The van der Waals surface area contributed by atoms with Crippen LogP contribution in [0.2, 0.25) is 0 Å². The van der Waals surface area contributed by atoms with Crippen molar-refractivity contribution in [2.24, 2.45) is 28.3 Å². The van der Waals surface area contributed by atoms with Crippen LogP contribution in [-0.4, -0.2) is 18.8 Å². The lowest BCUT2D eigenvalue weighted by Crippen LogP contribution is -2.14. The molecular formula is C25H26N2O4. The molecule has 6 nitrogen and oxygen atoms in total. The third kappa shape index (κ3) is 5.05. The van der Waals surface area contributed by atoms with Gasteiger partial charge in [0.05, 0.1) is 5.92 Å². The monoisotopic (exact) mass is 418 g/mol. The molecule has 1 unspecified atom stereocenters. The molecule has 2 aliphatic rings. The second-order valence-electron chi connectivity index (χ2n) is 8.75. The fourth-order valence-electron chi connectivity index (χ4n) is 3.67. The molecule has 0 aliphatic heterocycles. The number of carbonyl (C=O) groups is 1. The molecule has 0 saturated heterocycles. The summed E-state index contributed by atoms with van der Waals surface area (Å²) in [5.74, 6) is 1.08. The average molecular weight is 418 g/mol. The minimum Gasteiger partial charge on any atom is -0.457 e. The summed E-state index contributed by atoms with van der Waals surface area (Å²) in [5.41, 5.74) is 0.294. The zero-order valence-corrected chi connectivity index (χ0v) is 17.7. The lowest BCUT2D eigenvalue weighted by molar-refractivity contribution is -0.149. The molecule has 0 aromatic heterocycles. The molecule has 2 saturated carbocycles. The summed E-state index contributed by atoms with van der Waals surface area (Å²) in [7, 11) is 0. The van der Waals surface area contributed by atoms with Crippen molar-refractivity contribution in [1.29, 1.82) is 5.26 Å². The SMILES string of the molecule is CC1(C)[C@H](C(=O)OC(C#N)c2cccc(Oc3ccccc3)c2)[C@@H]1C=NOCC1CC1. The van der Waals surface area contributed by atoms with E-state index in [0.29, 0.717) is 29.6 Å². The van der Waals surface area contributed by atoms with Gasteiger partial charge in [0.2, 0.25) is 6.10 Å². The molecule has 160 valence electrons. The molecular weight excluding hydrogens is 392 g/mol. The van der Waals surface area contributed by atoms with Gasteiger partial charge in [0.25, 0.3) is 0 Å². The topological polar surface area (TPSA) is 80.9 Å². The molecule has 2 aromatic rings. The molecule has 6 heteroatoms. The Labute approximate surface area is 182 Å². The van der Waals surface area contributed by atoms with Gasteiger partial charge in [-0.15, -0.1) is 0 Å². The highest BCUT2D eigenvalue weighted by molar-refractivity contribution is 5.85. The molecule has 2 aliphatic carbocycles. The van der Waals surface area contributed by atoms with Gasteiger partial charge in [0, 0.05) is 17.7 Å². The summed E-state index contributed by atoms with van der Waals surface area (Å²) >= 11 is 0. The Balaban J connectivity index is 1.37. The molecule has 0 amide bonds. The highest BCUT2D eigenvalue weighted by Crippen LogP contribution is 2.58. The molecule has 2 aromatic carbocycles. The third-order valence-electron chi connectivity index (χ3n) is 5.96. The summed E-state index contributed by atoms with van der Waals surface area (Å²) in [5, 5.41) is 13.7. The van der Waals surface area contributed by atoms with E-state index >= 15 is 0 Å². The van der Waals surface area contributed by atoms with Gasteiger partial charge in [0.1, 0.15) is 24.2 Å². The number of hydrogen-bond acceptors (Lipinski definition) is 6. The maximum atomic E-state index is 12.8. The predicted octanol–water partition coefficient (Wildman–Crippen LogP) is 5.27. The van der Waals surface area contributed by atoms with Crippen LogP contribution in [0.25, 0.3) is 0 Å².